The molecule has 21 heavy (non-hydrogen) atoms. The molecule has 1 aromatic heterocycles. The Morgan fingerprint density at radius 2 is 1.52 bits per heavy atom. The summed E-state index contributed by atoms with van der Waals surface area (Å²) in [5.41, 5.74) is 3.40. The minimum absolute atomic E-state index is 0.258. The Morgan fingerprint density at radius 3 is 2.29 bits per heavy atom. The lowest BCUT2D eigenvalue weighted by Crippen LogP contribution is -1.88. The lowest BCUT2D eigenvalue weighted by atomic mass is 10.1. The van der Waals surface area contributed by atoms with E-state index in [9.17, 15) is 4.39 Å². The van der Waals surface area contributed by atoms with E-state index >= 15 is 0 Å². The van der Waals surface area contributed by atoms with Gasteiger partial charge in [-0.2, -0.15) is 0 Å². The fraction of sp³-hybridized carbons (Fsp3) is 0. The maximum absolute atomic E-state index is 13.0. The maximum atomic E-state index is 13.0. The fourth-order valence-electron chi connectivity index (χ4n) is 2.00. The maximum Gasteiger partial charge on any atom is 0.123 e. The summed E-state index contributed by atoms with van der Waals surface area (Å²) in [4.78, 5) is 4.37. The van der Waals surface area contributed by atoms with E-state index in [-0.39, 0.29) is 5.82 Å². The molecule has 0 aliphatic heterocycles. The van der Waals surface area contributed by atoms with Gasteiger partial charge in [-0.15, -0.1) is 0 Å². The van der Waals surface area contributed by atoms with Gasteiger partial charge in [0.2, 0.25) is 0 Å². The van der Waals surface area contributed by atoms with Crippen molar-refractivity contribution in [3.63, 3.8) is 0 Å². The molecule has 0 amide bonds. The third kappa shape index (κ3) is 3.16. The molecule has 2 heteroatoms. The van der Waals surface area contributed by atoms with Crippen molar-refractivity contribution in [1.82, 2.24) is 4.98 Å². The van der Waals surface area contributed by atoms with E-state index in [1.807, 2.05) is 42.5 Å². The van der Waals surface area contributed by atoms with Gasteiger partial charge in [0, 0.05) is 17.3 Å². The van der Waals surface area contributed by atoms with E-state index in [1.165, 1.54) is 12.1 Å². The van der Waals surface area contributed by atoms with Crippen LogP contribution in [0.25, 0.3) is 11.3 Å². The Morgan fingerprint density at radius 1 is 0.762 bits per heavy atom. The number of pyridine rings is 1. The Kier molecular flexibility index (Phi) is 3.75. The highest BCUT2D eigenvalue weighted by molar-refractivity contribution is 5.67. The standard InChI is InChI=1S/C19H12FN/c20-18-12-10-17(11-13-18)19-16(7-4-14-21-19)9-8-15-5-2-1-3-6-15/h1-7,10-14H. The number of benzene rings is 2. The largest absolute Gasteiger partial charge is 0.255 e. The first kappa shape index (κ1) is 13.1. The smallest absolute Gasteiger partial charge is 0.123 e. The second-order valence-corrected chi connectivity index (χ2v) is 4.52. The predicted octanol–water partition coefficient (Wildman–Crippen LogP) is 4.29. The monoisotopic (exact) mass is 273 g/mol. The molecule has 0 aliphatic carbocycles. The summed E-state index contributed by atoms with van der Waals surface area (Å²) < 4.78 is 13.0. The number of hydrogen-bond acceptors (Lipinski definition) is 1. The first-order chi connectivity index (χ1) is 10.3. The van der Waals surface area contributed by atoms with Crippen LogP contribution in [0.3, 0.4) is 0 Å². The van der Waals surface area contributed by atoms with E-state index < -0.39 is 0 Å². The van der Waals surface area contributed by atoms with Gasteiger partial charge >= 0.3 is 0 Å². The molecule has 0 aliphatic rings. The molecule has 0 fully saturated rings. The fourth-order valence-corrected chi connectivity index (χ4v) is 2.00. The van der Waals surface area contributed by atoms with Gasteiger partial charge in [0.25, 0.3) is 0 Å². The normalized spacial score (nSPS) is 9.76. The van der Waals surface area contributed by atoms with Crippen molar-refractivity contribution in [2.75, 3.05) is 0 Å². The molecule has 0 radical (unpaired) electrons. The highest BCUT2D eigenvalue weighted by Gasteiger charge is 2.04. The minimum Gasteiger partial charge on any atom is -0.255 e. The van der Waals surface area contributed by atoms with Gasteiger partial charge in [0.1, 0.15) is 5.82 Å². The molecule has 0 atom stereocenters. The molecule has 0 spiro atoms. The highest BCUT2D eigenvalue weighted by atomic mass is 19.1. The molecule has 0 bridgehead atoms. The van der Waals surface area contributed by atoms with E-state index in [0.29, 0.717) is 0 Å². The summed E-state index contributed by atoms with van der Waals surface area (Å²) >= 11 is 0. The third-order valence-electron chi connectivity index (χ3n) is 3.04. The second kappa shape index (κ2) is 6.02. The predicted molar refractivity (Wildman–Crippen MR) is 82.1 cm³/mol. The van der Waals surface area contributed by atoms with E-state index in [0.717, 1.165) is 22.4 Å². The van der Waals surface area contributed by atoms with Gasteiger partial charge in [-0.05, 0) is 48.5 Å². The van der Waals surface area contributed by atoms with Crippen LogP contribution in [-0.2, 0) is 0 Å². The van der Waals surface area contributed by atoms with Crippen LogP contribution in [0.2, 0.25) is 0 Å². The molecular weight excluding hydrogens is 261 g/mol. The highest BCUT2D eigenvalue weighted by Crippen LogP contribution is 2.20. The Bertz CT molecular complexity index is 796. The Balaban J connectivity index is 2.01. The van der Waals surface area contributed by atoms with Crippen LogP contribution < -0.4 is 0 Å². The first-order valence-electron chi connectivity index (χ1n) is 6.61. The van der Waals surface area contributed by atoms with E-state index in [1.54, 1.807) is 18.3 Å². The SMILES string of the molecule is Fc1ccc(-c2ncccc2C#Cc2ccccc2)cc1. The van der Waals surface area contributed by atoms with Crippen molar-refractivity contribution in [2.24, 2.45) is 0 Å². The quantitative estimate of drug-likeness (QED) is 0.603. The van der Waals surface area contributed by atoms with Crippen molar-refractivity contribution < 1.29 is 4.39 Å². The molecule has 1 nitrogen and oxygen atoms in total. The van der Waals surface area contributed by atoms with Crippen molar-refractivity contribution in [3.05, 3.63) is 89.9 Å². The summed E-state index contributed by atoms with van der Waals surface area (Å²) in [7, 11) is 0. The van der Waals surface area contributed by atoms with Crippen LogP contribution >= 0.6 is 0 Å². The zero-order chi connectivity index (χ0) is 14.5. The number of hydrogen-bond donors (Lipinski definition) is 0. The van der Waals surface area contributed by atoms with Crippen molar-refractivity contribution in [3.8, 4) is 23.1 Å². The van der Waals surface area contributed by atoms with Crippen LogP contribution in [0, 0.1) is 17.7 Å². The molecule has 0 unspecified atom stereocenters. The molecule has 100 valence electrons. The summed E-state index contributed by atoms with van der Waals surface area (Å²) in [5.74, 6) is 6.00. The Labute approximate surface area is 123 Å². The number of aromatic nitrogens is 1. The van der Waals surface area contributed by atoms with Gasteiger partial charge in [0.05, 0.1) is 11.3 Å². The van der Waals surface area contributed by atoms with Crippen LogP contribution in [0.4, 0.5) is 4.39 Å². The van der Waals surface area contributed by atoms with E-state index in [2.05, 4.69) is 16.8 Å². The van der Waals surface area contributed by atoms with E-state index in [4.69, 9.17) is 0 Å². The topological polar surface area (TPSA) is 12.9 Å². The van der Waals surface area contributed by atoms with Crippen LogP contribution in [0.5, 0.6) is 0 Å². The van der Waals surface area contributed by atoms with Gasteiger partial charge in [-0.1, -0.05) is 30.0 Å². The number of rotatable bonds is 1. The molecule has 3 rings (SSSR count). The average Bonchev–Trinajstić information content (AvgIpc) is 2.55. The number of nitrogens with zero attached hydrogens (tertiary/aromatic N) is 1. The summed E-state index contributed by atoms with van der Waals surface area (Å²) in [6.45, 7) is 0. The molecule has 0 saturated carbocycles. The van der Waals surface area contributed by atoms with Gasteiger partial charge in [-0.25, -0.2) is 4.39 Å². The molecule has 1 heterocycles. The van der Waals surface area contributed by atoms with Gasteiger partial charge in [-0.3, -0.25) is 4.98 Å². The van der Waals surface area contributed by atoms with Crippen molar-refractivity contribution in [1.29, 1.82) is 0 Å². The molecule has 0 N–H and O–H groups in total. The zero-order valence-electron chi connectivity index (χ0n) is 11.3. The first-order valence-corrected chi connectivity index (χ1v) is 6.61. The molecule has 2 aromatic carbocycles. The zero-order valence-corrected chi connectivity index (χ0v) is 11.3. The minimum atomic E-state index is -0.258. The second-order valence-electron chi connectivity index (χ2n) is 4.52. The lowest BCUT2D eigenvalue weighted by molar-refractivity contribution is 0.628. The van der Waals surface area contributed by atoms with Crippen molar-refractivity contribution in [2.45, 2.75) is 0 Å². The summed E-state index contributed by atoms with van der Waals surface area (Å²) in [5, 5.41) is 0. The summed E-state index contributed by atoms with van der Waals surface area (Å²) in [6.07, 6.45) is 1.71. The van der Waals surface area contributed by atoms with Crippen LogP contribution in [0.15, 0.2) is 72.9 Å². The number of halogens is 1. The van der Waals surface area contributed by atoms with Crippen molar-refractivity contribution >= 4 is 0 Å². The molecule has 0 saturated heterocycles. The van der Waals surface area contributed by atoms with Gasteiger partial charge < -0.3 is 0 Å². The Hall–Kier alpha value is -2.92. The third-order valence-corrected chi connectivity index (χ3v) is 3.04. The molecule has 3 aromatic rings. The molecular formula is C19H12FN. The lowest BCUT2D eigenvalue weighted by Gasteiger charge is -2.03. The van der Waals surface area contributed by atoms with Gasteiger partial charge in [0.15, 0.2) is 0 Å². The summed E-state index contributed by atoms with van der Waals surface area (Å²) in [6, 6.07) is 19.8. The van der Waals surface area contributed by atoms with Crippen LogP contribution in [-0.4, -0.2) is 4.98 Å². The average molecular weight is 273 g/mol. The van der Waals surface area contributed by atoms with Crippen LogP contribution in [0.1, 0.15) is 11.1 Å².